The molecule has 0 aliphatic carbocycles. The Labute approximate surface area is 116 Å². The standard InChI is InChI=1S/C11H13F3N2O3S/c12-11(13,14)7-6-15-10(20-7)16-8(17)4-2-1-3-5-9(18)19/h6H,1-5H2,(H,18,19)(H,15,16,17). The van der Waals surface area contributed by atoms with Crippen molar-refractivity contribution in [3.63, 3.8) is 0 Å². The Hall–Kier alpha value is -1.64. The number of carboxylic acid groups (broad SMARTS) is 1. The van der Waals surface area contributed by atoms with Gasteiger partial charge in [0.15, 0.2) is 5.13 Å². The van der Waals surface area contributed by atoms with Crippen molar-refractivity contribution in [3.8, 4) is 0 Å². The van der Waals surface area contributed by atoms with Crippen LogP contribution in [-0.2, 0) is 15.8 Å². The van der Waals surface area contributed by atoms with E-state index in [1.165, 1.54) is 0 Å². The van der Waals surface area contributed by atoms with Crippen molar-refractivity contribution in [3.05, 3.63) is 11.1 Å². The first-order valence-electron chi connectivity index (χ1n) is 5.83. The zero-order chi connectivity index (χ0) is 15.2. The van der Waals surface area contributed by atoms with Crippen LogP contribution in [0.3, 0.4) is 0 Å². The number of anilines is 1. The summed E-state index contributed by atoms with van der Waals surface area (Å²) < 4.78 is 36.9. The van der Waals surface area contributed by atoms with Crippen molar-refractivity contribution in [2.24, 2.45) is 0 Å². The van der Waals surface area contributed by atoms with Gasteiger partial charge < -0.3 is 10.4 Å². The first-order chi connectivity index (χ1) is 9.29. The lowest BCUT2D eigenvalue weighted by atomic mass is 10.1. The van der Waals surface area contributed by atoms with Crippen LogP contribution in [0.4, 0.5) is 18.3 Å². The molecule has 1 heterocycles. The minimum Gasteiger partial charge on any atom is -0.481 e. The quantitative estimate of drug-likeness (QED) is 0.758. The van der Waals surface area contributed by atoms with E-state index in [1.807, 2.05) is 0 Å². The van der Waals surface area contributed by atoms with Crippen LogP contribution in [0.5, 0.6) is 0 Å². The molecule has 0 atom stereocenters. The number of alkyl halides is 3. The molecular weight excluding hydrogens is 297 g/mol. The highest BCUT2D eigenvalue weighted by molar-refractivity contribution is 7.15. The van der Waals surface area contributed by atoms with Gasteiger partial charge in [0.25, 0.3) is 0 Å². The smallest absolute Gasteiger partial charge is 0.427 e. The van der Waals surface area contributed by atoms with E-state index >= 15 is 0 Å². The van der Waals surface area contributed by atoms with Gasteiger partial charge in [-0.2, -0.15) is 13.2 Å². The van der Waals surface area contributed by atoms with E-state index in [2.05, 4.69) is 10.3 Å². The third-order valence-electron chi connectivity index (χ3n) is 2.33. The Morgan fingerprint density at radius 1 is 1.25 bits per heavy atom. The van der Waals surface area contributed by atoms with Crippen LogP contribution in [0.25, 0.3) is 0 Å². The van der Waals surface area contributed by atoms with E-state index in [4.69, 9.17) is 5.11 Å². The maximum atomic E-state index is 12.3. The number of unbranched alkanes of at least 4 members (excludes halogenated alkanes) is 2. The maximum Gasteiger partial charge on any atom is 0.427 e. The number of halogens is 3. The lowest BCUT2D eigenvalue weighted by Crippen LogP contribution is -2.10. The molecule has 112 valence electrons. The fourth-order valence-corrected chi connectivity index (χ4v) is 2.08. The molecule has 20 heavy (non-hydrogen) atoms. The highest BCUT2D eigenvalue weighted by atomic mass is 32.1. The highest BCUT2D eigenvalue weighted by Crippen LogP contribution is 2.34. The number of hydrogen-bond acceptors (Lipinski definition) is 4. The van der Waals surface area contributed by atoms with Gasteiger partial charge >= 0.3 is 12.1 Å². The monoisotopic (exact) mass is 310 g/mol. The SMILES string of the molecule is O=C(O)CCCCCC(=O)Nc1ncc(C(F)(F)F)s1. The summed E-state index contributed by atoms with van der Waals surface area (Å²) in [7, 11) is 0. The summed E-state index contributed by atoms with van der Waals surface area (Å²) >= 11 is 0.370. The van der Waals surface area contributed by atoms with Crippen LogP contribution < -0.4 is 5.32 Å². The van der Waals surface area contributed by atoms with Crippen molar-refractivity contribution < 1.29 is 27.9 Å². The summed E-state index contributed by atoms with van der Waals surface area (Å²) in [6.45, 7) is 0. The molecule has 9 heteroatoms. The third kappa shape index (κ3) is 6.00. The molecule has 0 unspecified atom stereocenters. The van der Waals surface area contributed by atoms with E-state index < -0.39 is 22.9 Å². The maximum absolute atomic E-state index is 12.3. The second-order valence-corrected chi connectivity index (χ2v) is 5.06. The Kier molecular flexibility index (Phi) is 5.93. The third-order valence-corrected chi connectivity index (χ3v) is 3.28. The van der Waals surface area contributed by atoms with Gasteiger partial charge in [-0.1, -0.05) is 17.8 Å². The summed E-state index contributed by atoms with van der Waals surface area (Å²) in [6.07, 6.45) is -2.09. The predicted octanol–water partition coefficient (Wildman–Crippen LogP) is 3.14. The fourth-order valence-electron chi connectivity index (χ4n) is 1.38. The van der Waals surface area contributed by atoms with Crippen molar-refractivity contribution in [1.82, 2.24) is 4.98 Å². The summed E-state index contributed by atoms with van der Waals surface area (Å²) in [4.78, 5) is 24.3. The average molecular weight is 310 g/mol. The number of aromatic nitrogens is 1. The van der Waals surface area contributed by atoms with Crippen molar-refractivity contribution in [2.45, 2.75) is 38.3 Å². The van der Waals surface area contributed by atoms with Crippen LogP contribution in [0.1, 0.15) is 37.0 Å². The molecule has 0 bridgehead atoms. The summed E-state index contributed by atoms with van der Waals surface area (Å²) in [5.74, 6) is -1.32. The molecule has 0 radical (unpaired) electrons. The number of carbonyl (C=O) groups is 2. The van der Waals surface area contributed by atoms with Gasteiger partial charge in [-0.25, -0.2) is 4.98 Å². The Bertz CT molecular complexity index is 474. The molecule has 0 saturated heterocycles. The van der Waals surface area contributed by atoms with Gasteiger partial charge in [-0.05, 0) is 12.8 Å². The molecule has 0 aliphatic rings. The molecule has 0 saturated carbocycles. The van der Waals surface area contributed by atoms with Gasteiger partial charge in [0.05, 0.1) is 6.20 Å². The Morgan fingerprint density at radius 2 is 1.90 bits per heavy atom. The number of aliphatic carboxylic acids is 1. The molecule has 5 nitrogen and oxygen atoms in total. The molecule has 2 N–H and O–H groups in total. The molecule has 1 aromatic heterocycles. The molecule has 1 amide bonds. The molecular formula is C11H13F3N2O3S. The van der Waals surface area contributed by atoms with Crippen LogP contribution in [0.2, 0.25) is 0 Å². The lowest BCUT2D eigenvalue weighted by molar-refractivity contribution is -0.137. The van der Waals surface area contributed by atoms with E-state index in [1.54, 1.807) is 0 Å². The van der Waals surface area contributed by atoms with Crippen molar-refractivity contribution in [2.75, 3.05) is 5.32 Å². The largest absolute Gasteiger partial charge is 0.481 e. The topological polar surface area (TPSA) is 79.3 Å². The molecule has 0 aromatic carbocycles. The van der Waals surface area contributed by atoms with Gasteiger partial charge in [0.1, 0.15) is 4.88 Å². The second-order valence-electron chi connectivity index (χ2n) is 4.03. The number of nitrogens with one attached hydrogen (secondary N) is 1. The predicted molar refractivity (Wildman–Crippen MR) is 66.5 cm³/mol. The van der Waals surface area contributed by atoms with E-state index in [0.717, 1.165) is 0 Å². The van der Waals surface area contributed by atoms with E-state index in [0.29, 0.717) is 36.8 Å². The number of carboxylic acids is 1. The number of rotatable bonds is 7. The highest BCUT2D eigenvalue weighted by Gasteiger charge is 2.33. The van der Waals surface area contributed by atoms with Gasteiger partial charge in [-0.15, -0.1) is 0 Å². The fraction of sp³-hybridized carbons (Fsp3) is 0.545. The summed E-state index contributed by atoms with van der Waals surface area (Å²) in [5, 5.41) is 10.6. The minimum atomic E-state index is -4.46. The average Bonchev–Trinajstić information content (AvgIpc) is 2.76. The number of thiazole rings is 1. The van der Waals surface area contributed by atoms with Gasteiger partial charge in [0, 0.05) is 12.8 Å². The van der Waals surface area contributed by atoms with Crippen molar-refractivity contribution >= 4 is 28.3 Å². The minimum absolute atomic E-state index is 0.0447. The molecule has 0 aliphatic heterocycles. The van der Waals surface area contributed by atoms with Crippen LogP contribution in [0.15, 0.2) is 6.20 Å². The van der Waals surface area contributed by atoms with E-state index in [-0.39, 0.29) is 18.0 Å². The first-order valence-corrected chi connectivity index (χ1v) is 6.65. The van der Waals surface area contributed by atoms with Gasteiger partial charge in [-0.3, -0.25) is 9.59 Å². The zero-order valence-corrected chi connectivity index (χ0v) is 11.2. The molecule has 1 aromatic rings. The van der Waals surface area contributed by atoms with Crippen LogP contribution in [0, 0.1) is 0 Å². The number of nitrogens with zero attached hydrogens (tertiary/aromatic N) is 1. The molecule has 1 rings (SSSR count). The molecule has 0 fully saturated rings. The number of carbonyl (C=O) groups excluding carboxylic acids is 1. The number of amides is 1. The normalized spacial score (nSPS) is 11.3. The first kappa shape index (κ1) is 16.4. The summed E-state index contributed by atoms with van der Waals surface area (Å²) in [5.41, 5.74) is 0. The Balaban J connectivity index is 2.29. The molecule has 0 spiro atoms. The number of hydrogen-bond donors (Lipinski definition) is 2. The summed E-state index contributed by atoms with van der Waals surface area (Å²) in [6, 6.07) is 0. The van der Waals surface area contributed by atoms with E-state index in [9.17, 15) is 22.8 Å². The van der Waals surface area contributed by atoms with Crippen LogP contribution >= 0.6 is 11.3 Å². The lowest BCUT2D eigenvalue weighted by Gasteiger charge is -2.02. The second kappa shape index (κ2) is 7.22. The Morgan fingerprint density at radius 3 is 2.45 bits per heavy atom. The zero-order valence-electron chi connectivity index (χ0n) is 10.4. The van der Waals surface area contributed by atoms with Crippen LogP contribution in [-0.4, -0.2) is 22.0 Å². The van der Waals surface area contributed by atoms with Crippen molar-refractivity contribution in [1.29, 1.82) is 0 Å². The van der Waals surface area contributed by atoms with Gasteiger partial charge in [0.2, 0.25) is 5.91 Å².